The Morgan fingerprint density at radius 1 is 1.23 bits per heavy atom. The van der Waals surface area contributed by atoms with Crippen molar-refractivity contribution in [1.82, 2.24) is 20.1 Å². The summed E-state index contributed by atoms with van der Waals surface area (Å²) in [5.41, 5.74) is 3.67. The summed E-state index contributed by atoms with van der Waals surface area (Å²) in [7, 11) is 3.86. The molecule has 6 nitrogen and oxygen atoms in total. The van der Waals surface area contributed by atoms with Gasteiger partial charge >= 0.3 is 0 Å². The molecule has 2 atom stereocenters. The molecule has 0 aliphatic carbocycles. The zero-order valence-corrected chi connectivity index (χ0v) is 21.7. The van der Waals surface area contributed by atoms with Crippen LogP contribution in [-0.4, -0.2) is 60.1 Å². The van der Waals surface area contributed by atoms with Crippen molar-refractivity contribution >= 4 is 41.3 Å². The molecule has 1 aliphatic rings. The number of aliphatic imine (C=N–C) groups is 1. The summed E-state index contributed by atoms with van der Waals surface area (Å²) in [5.74, 6) is 0.871. The summed E-state index contributed by atoms with van der Waals surface area (Å²) in [4.78, 5) is 13.5. The number of hydrogen-bond donors (Lipinski definition) is 1. The van der Waals surface area contributed by atoms with E-state index in [9.17, 15) is 0 Å². The van der Waals surface area contributed by atoms with E-state index in [1.54, 1.807) is 11.3 Å². The number of guanidine groups is 1. The van der Waals surface area contributed by atoms with Crippen LogP contribution in [0.2, 0.25) is 0 Å². The lowest BCUT2D eigenvalue weighted by atomic mass is 10.1. The van der Waals surface area contributed by atoms with Gasteiger partial charge in [0.1, 0.15) is 0 Å². The second-order valence-electron chi connectivity index (χ2n) is 7.88. The minimum Gasteiger partial charge on any atom is -0.373 e. The number of aryl methyl sites for hydroxylation is 1. The van der Waals surface area contributed by atoms with Crippen molar-refractivity contribution in [3.63, 3.8) is 0 Å². The van der Waals surface area contributed by atoms with E-state index in [2.05, 4.69) is 68.6 Å². The fourth-order valence-corrected chi connectivity index (χ4v) is 4.40. The number of morpholine rings is 1. The van der Waals surface area contributed by atoms with Crippen molar-refractivity contribution in [3.8, 4) is 0 Å². The van der Waals surface area contributed by atoms with Crippen molar-refractivity contribution in [2.45, 2.75) is 52.6 Å². The first-order valence-corrected chi connectivity index (χ1v) is 11.1. The van der Waals surface area contributed by atoms with Crippen LogP contribution in [0.25, 0.3) is 0 Å². The van der Waals surface area contributed by atoms with Crippen molar-refractivity contribution in [2.75, 3.05) is 27.2 Å². The van der Waals surface area contributed by atoms with Gasteiger partial charge in [-0.3, -0.25) is 9.89 Å². The van der Waals surface area contributed by atoms with Crippen LogP contribution in [-0.2, 0) is 24.4 Å². The van der Waals surface area contributed by atoms with Crippen molar-refractivity contribution < 1.29 is 4.74 Å². The summed E-state index contributed by atoms with van der Waals surface area (Å²) < 4.78 is 5.83. The van der Waals surface area contributed by atoms with Crippen molar-refractivity contribution in [3.05, 3.63) is 51.5 Å². The Labute approximate surface area is 201 Å². The van der Waals surface area contributed by atoms with Crippen LogP contribution in [0.4, 0.5) is 0 Å². The first-order valence-electron chi connectivity index (χ1n) is 10.2. The predicted molar refractivity (Wildman–Crippen MR) is 136 cm³/mol. The lowest BCUT2D eigenvalue weighted by molar-refractivity contribution is -0.0704. The van der Waals surface area contributed by atoms with Gasteiger partial charge in [-0.05, 0) is 31.9 Å². The van der Waals surface area contributed by atoms with Crippen LogP contribution in [0.5, 0.6) is 0 Å². The molecule has 0 radical (unpaired) electrons. The summed E-state index contributed by atoms with van der Waals surface area (Å²) in [5, 5.41) is 6.65. The number of nitrogens with one attached hydrogen (secondary N) is 1. The van der Waals surface area contributed by atoms with Crippen molar-refractivity contribution in [2.24, 2.45) is 4.99 Å². The lowest BCUT2D eigenvalue weighted by Crippen LogP contribution is -2.44. The molecule has 1 aromatic heterocycles. The molecule has 2 aromatic rings. The highest BCUT2D eigenvalue weighted by Gasteiger charge is 2.21. The third-order valence-electron chi connectivity index (χ3n) is 5.01. The number of halogens is 1. The monoisotopic (exact) mass is 543 g/mol. The maximum atomic E-state index is 5.83. The van der Waals surface area contributed by atoms with Crippen LogP contribution in [0.3, 0.4) is 0 Å². The number of hydrogen-bond acceptors (Lipinski definition) is 5. The fourth-order valence-electron chi connectivity index (χ4n) is 3.80. The number of benzene rings is 1. The number of nitrogens with zero attached hydrogens (tertiary/aromatic N) is 4. The summed E-state index contributed by atoms with van der Waals surface area (Å²) in [6.45, 7) is 10.8. The zero-order valence-electron chi connectivity index (χ0n) is 18.6. The fraction of sp³-hybridized carbons (Fsp3) is 0.545. The lowest BCUT2D eigenvalue weighted by Gasteiger charge is -2.35. The highest BCUT2D eigenvalue weighted by Crippen LogP contribution is 2.15. The molecular formula is C22H34IN5OS. The summed E-state index contributed by atoms with van der Waals surface area (Å²) >= 11 is 1.68. The molecule has 8 heteroatoms. The van der Waals surface area contributed by atoms with Gasteiger partial charge < -0.3 is 15.0 Å². The van der Waals surface area contributed by atoms with Gasteiger partial charge in [-0.2, -0.15) is 0 Å². The van der Waals surface area contributed by atoms with E-state index in [1.807, 2.05) is 21.0 Å². The van der Waals surface area contributed by atoms with E-state index in [0.717, 1.165) is 49.4 Å². The van der Waals surface area contributed by atoms with E-state index in [1.165, 1.54) is 11.1 Å². The Hall–Kier alpha value is -1.23. The van der Waals surface area contributed by atoms with Crippen LogP contribution in [0, 0.1) is 6.92 Å². The molecule has 3 rings (SSSR count). The molecule has 1 saturated heterocycles. The highest BCUT2D eigenvalue weighted by atomic mass is 127. The van der Waals surface area contributed by atoms with E-state index in [4.69, 9.17) is 4.74 Å². The quantitative estimate of drug-likeness (QED) is 0.341. The Bertz CT molecular complexity index is 800. The average molecular weight is 544 g/mol. The second-order valence-corrected chi connectivity index (χ2v) is 8.94. The molecule has 0 bridgehead atoms. The molecule has 0 amide bonds. The molecule has 2 unspecified atom stereocenters. The average Bonchev–Trinajstić information content (AvgIpc) is 3.07. The summed E-state index contributed by atoms with van der Waals surface area (Å²) in [6.07, 6.45) is 0.610. The third-order valence-corrected chi connectivity index (χ3v) is 5.84. The minimum atomic E-state index is 0. The Morgan fingerprint density at radius 2 is 1.87 bits per heavy atom. The maximum absolute atomic E-state index is 5.83. The Balaban J connectivity index is 0.00000320. The molecule has 2 heterocycles. The number of thiazole rings is 1. The van der Waals surface area contributed by atoms with Gasteiger partial charge in [0.15, 0.2) is 5.96 Å². The molecule has 1 fully saturated rings. The molecule has 30 heavy (non-hydrogen) atoms. The molecule has 0 saturated carbocycles. The standard InChI is InChI=1S/C22H33N5OS.HI/c1-16-11-27(12-17(2)28-16)13-20-8-6-19(7-9-20)10-24-22(23-4)26(5)14-21-15-29-18(3)25-21;/h6-9,15-17H,10-14H2,1-5H3,(H,23,24);1H. The molecule has 0 spiro atoms. The van der Waals surface area contributed by atoms with Gasteiger partial charge in [0.2, 0.25) is 0 Å². The smallest absolute Gasteiger partial charge is 0.194 e. The highest BCUT2D eigenvalue weighted by molar-refractivity contribution is 14.0. The normalized spacial score (nSPS) is 20.0. The largest absolute Gasteiger partial charge is 0.373 e. The van der Waals surface area contributed by atoms with E-state index in [0.29, 0.717) is 12.2 Å². The zero-order chi connectivity index (χ0) is 20.8. The number of ether oxygens (including phenoxy) is 1. The van der Waals surface area contributed by atoms with Gasteiger partial charge in [0, 0.05) is 45.7 Å². The van der Waals surface area contributed by atoms with Gasteiger partial charge in [0.05, 0.1) is 29.5 Å². The van der Waals surface area contributed by atoms with Crippen LogP contribution >= 0.6 is 35.3 Å². The molecule has 1 aliphatic heterocycles. The second kappa shape index (κ2) is 12.0. The van der Waals surface area contributed by atoms with E-state index in [-0.39, 0.29) is 24.0 Å². The number of rotatable bonds is 6. The molecular weight excluding hydrogens is 509 g/mol. The maximum Gasteiger partial charge on any atom is 0.194 e. The first-order chi connectivity index (χ1) is 13.9. The SMILES string of the molecule is CN=C(NCc1ccc(CN2CC(C)OC(C)C2)cc1)N(C)Cc1csc(C)n1.I. The van der Waals surface area contributed by atoms with Crippen LogP contribution < -0.4 is 5.32 Å². The Kier molecular flexibility index (Phi) is 9.99. The molecule has 1 aromatic carbocycles. The minimum absolute atomic E-state index is 0. The van der Waals surface area contributed by atoms with E-state index < -0.39 is 0 Å². The van der Waals surface area contributed by atoms with Gasteiger partial charge in [0.25, 0.3) is 0 Å². The van der Waals surface area contributed by atoms with Gasteiger partial charge in [-0.1, -0.05) is 24.3 Å². The summed E-state index contributed by atoms with van der Waals surface area (Å²) in [6, 6.07) is 8.86. The third kappa shape index (κ3) is 7.47. The molecule has 1 N–H and O–H groups in total. The van der Waals surface area contributed by atoms with Crippen molar-refractivity contribution in [1.29, 1.82) is 0 Å². The predicted octanol–water partition coefficient (Wildman–Crippen LogP) is 3.89. The molecule has 166 valence electrons. The van der Waals surface area contributed by atoms with Gasteiger partial charge in [-0.25, -0.2) is 4.98 Å². The number of aromatic nitrogens is 1. The van der Waals surface area contributed by atoms with E-state index >= 15 is 0 Å². The topological polar surface area (TPSA) is 53.0 Å². The van der Waals surface area contributed by atoms with Gasteiger partial charge in [-0.15, -0.1) is 35.3 Å². The first kappa shape index (κ1) is 25.0. The Morgan fingerprint density at radius 3 is 2.43 bits per heavy atom. The van der Waals surface area contributed by atoms with Crippen LogP contribution in [0.15, 0.2) is 34.6 Å². The van der Waals surface area contributed by atoms with Crippen LogP contribution in [0.1, 0.15) is 35.7 Å².